The van der Waals surface area contributed by atoms with Crippen LogP contribution in [0.3, 0.4) is 0 Å². The maximum atomic E-state index is 13.0. The molecule has 29 heavy (non-hydrogen) atoms. The average molecular weight is 421 g/mol. The van der Waals surface area contributed by atoms with Crippen LogP contribution in [0, 0.1) is 5.82 Å². The molecule has 0 radical (unpaired) electrons. The summed E-state index contributed by atoms with van der Waals surface area (Å²) in [5.74, 6) is -0.496. The number of rotatable bonds is 6. The molecule has 1 fully saturated rings. The lowest BCUT2D eigenvalue weighted by Crippen LogP contribution is -3.30. The summed E-state index contributed by atoms with van der Waals surface area (Å²) in [4.78, 5) is 27.1. The van der Waals surface area contributed by atoms with Crippen molar-refractivity contribution in [2.75, 3.05) is 43.4 Å². The molecule has 0 spiro atoms. The van der Waals surface area contributed by atoms with Crippen LogP contribution in [0.15, 0.2) is 48.5 Å². The lowest BCUT2D eigenvalue weighted by molar-refractivity contribution is -1.01. The van der Waals surface area contributed by atoms with Crippen molar-refractivity contribution in [2.45, 2.75) is 13.0 Å². The Bertz CT molecular complexity index is 854. The van der Waals surface area contributed by atoms with Crippen LogP contribution in [0.2, 0.25) is 5.02 Å². The molecule has 8 heteroatoms. The van der Waals surface area contributed by atoms with Gasteiger partial charge in [0.1, 0.15) is 32.0 Å². The van der Waals surface area contributed by atoms with E-state index >= 15 is 0 Å². The Balaban J connectivity index is 1.44. The molecule has 0 aliphatic carbocycles. The summed E-state index contributed by atoms with van der Waals surface area (Å²) in [7, 11) is 0. The fraction of sp³-hybridized carbons (Fsp3) is 0.333. The lowest BCUT2D eigenvalue weighted by atomic mass is 10.2. The predicted molar refractivity (Wildman–Crippen MR) is 111 cm³/mol. The first-order valence-corrected chi connectivity index (χ1v) is 10.1. The highest BCUT2D eigenvalue weighted by Crippen LogP contribution is 2.19. The smallest absolute Gasteiger partial charge is 0.282 e. The Labute approximate surface area is 174 Å². The minimum atomic E-state index is -0.334. The molecule has 0 aromatic heterocycles. The molecule has 1 aliphatic heterocycles. The zero-order valence-electron chi connectivity index (χ0n) is 16.3. The van der Waals surface area contributed by atoms with E-state index in [4.69, 9.17) is 11.6 Å². The SMILES string of the molecule is C[C@H](C(=O)Nc1ccc(F)cc1)[NH+]1CC[NH+](CC(=O)Nc2ccccc2Cl)CC1. The molecule has 1 saturated heterocycles. The molecule has 154 valence electrons. The zero-order valence-corrected chi connectivity index (χ0v) is 17.1. The summed E-state index contributed by atoms with van der Waals surface area (Å²) in [6.07, 6.45) is 0. The first-order chi connectivity index (χ1) is 13.9. The minimum Gasteiger partial charge on any atom is -0.321 e. The Morgan fingerprint density at radius 1 is 1.03 bits per heavy atom. The molecule has 3 rings (SSSR count). The number of hydrogen-bond acceptors (Lipinski definition) is 2. The Hall–Kier alpha value is -2.48. The summed E-state index contributed by atoms with van der Waals surface area (Å²) >= 11 is 6.08. The van der Waals surface area contributed by atoms with Gasteiger partial charge in [0, 0.05) is 5.69 Å². The van der Waals surface area contributed by atoms with Gasteiger partial charge in [-0.05, 0) is 43.3 Å². The van der Waals surface area contributed by atoms with Crippen molar-refractivity contribution in [1.82, 2.24) is 0 Å². The summed E-state index contributed by atoms with van der Waals surface area (Å²) in [5, 5.41) is 6.20. The van der Waals surface area contributed by atoms with Crippen LogP contribution < -0.4 is 20.4 Å². The van der Waals surface area contributed by atoms with Gasteiger partial charge in [-0.2, -0.15) is 0 Å². The third-order valence-electron chi connectivity index (χ3n) is 5.28. The number of amides is 2. The number of benzene rings is 2. The van der Waals surface area contributed by atoms with Crippen LogP contribution >= 0.6 is 11.6 Å². The van der Waals surface area contributed by atoms with E-state index in [1.54, 1.807) is 24.3 Å². The Kier molecular flexibility index (Phi) is 7.19. The van der Waals surface area contributed by atoms with E-state index in [0.717, 1.165) is 26.2 Å². The van der Waals surface area contributed by atoms with Gasteiger partial charge < -0.3 is 20.4 Å². The van der Waals surface area contributed by atoms with Gasteiger partial charge in [-0.15, -0.1) is 0 Å². The summed E-state index contributed by atoms with van der Waals surface area (Å²) in [6, 6.07) is 12.7. The van der Waals surface area contributed by atoms with Crippen LogP contribution in [0.5, 0.6) is 0 Å². The highest BCUT2D eigenvalue weighted by molar-refractivity contribution is 6.33. The number of carbonyl (C=O) groups is 2. The van der Waals surface area contributed by atoms with Crippen LogP contribution in [0.4, 0.5) is 15.8 Å². The number of para-hydroxylation sites is 1. The second kappa shape index (κ2) is 9.82. The number of carbonyl (C=O) groups excluding carboxylic acids is 2. The molecule has 0 unspecified atom stereocenters. The highest BCUT2D eigenvalue weighted by atomic mass is 35.5. The van der Waals surface area contributed by atoms with Crippen molar-refractivity contribution < 1.29 is 23.8 Å². The Morgan fingerprint density at radius 3 is 2.34 bits per heavy atom. The van der Waals surface area contributed by atoms with Gasteiger partial charge in [0.25, 0.3) is 11.8 Å². The third-order valence-corrected chi connectivity index (χ3v) is 5.60. The number of quaternary nitrogens is 2. The first kappa shape index (κ1) is 21.2. The van der Waals surface area contributed by atoms with Gasteiger partial charge in [-0.1, -0.05) is 23.7 Å². The topological polar surface area (TPSA) is 67.1 Å². The van der Waals surface area contributed by atoms with E-state index < -0.39 is 0 Å². The van der Waals surface area contributed by atoms with Crippen molar-refractivity contribution in [3.8, 4) is 0 Å². The number of hydrogen-bond donors (Lipinski definition) is 4. The molecule has 2 aromatic rings. The summed E-state index contributed by atoms with van der Waals surface area (Å²) in [5.41, 5.74) is 1.21. The van der Waals surface area contributed by atoms with E-state index in [1.165, 1.54) is 21.9 Å². The Morgan fingerprint density at radius 2 is 1.69 bits per heavy atom. The molecule has 4 N–H and O–H groups in total. The molecule has 6 nitrogen and oxygen atoms in total. The fourth-order valence-corrected chi connectivity index (χ4v) is 3.67. The van der Waals surface area contributed by atoms with Crippen LogP contribution in [0.25, 0.3) is 0 Å². The second-order valence-electron chi connectivity index (χ2n) is 7.33. The number of piperazine rings is 1. The monoisotopic (exact) mass is 420 g/mol. The quantitative estimate of drug-likeness (QED) is 0.540. The molecular formula is C21H26ClFN4O2+2. The van der Waals surface area contributed by atoms with E-state index in [1.807, 2.05) is 19.1 Å². The fourth-order valence-electron chi connectivity index (χ4n) is 3.49. The van der Waals surface area contributed by atoms with E-state index in [2.05, 4.69) is 10.6 Å². The van der Waals surface area contributed by atoms with Crippen molar-refractivity contribution in [3.63, 3.8) is 0 Å². The van der Waals surface area contributed by atoms with E-state index in [-0.39, 0.29) is 23.7 Å². The zero-order chi connectivity index (χ0) is 20.8. The van der Waals surface area contributed by atoms with Gasteiger partial charge in [-0.3, -0.25) is 9.59 Å². The molecule has 1 heterocycles. The van der Waals surface area contributed by atoms with Crippen LogP contribution in [0.1, 0.15) is 6.92 Å². The maximum Gasteiger partial charge on any atom is 0.282 e. The van der Waals surface area contributed by atoms with Gasteiger partial charge in [0.2, 0.25) is 0 Å². The predicted octanol–water partition coefficient (Wildman–Crippen LogP) is 0.228. The first-order valence-electron chi connectivity index (χ1n) is 9.71. The van der Waals surface area contributed by atoms with Crippen LogP contribution in [-0.2, 0) is 9.59 Å². The summed E-state index contributed by atoms with van der Waals surface area (Å²) in [6.45, 7) is 5.47. The van der Waals surface area contributed by atoms with E-state index in [9.17, 15) is 14.0 Å². The van der Waals surface area contributed by atoms with Gasteiger partial charge in [-0.25, -0.2) is 4.39 Å². The molecule has 0 saturated carbocycles. The molecule has 2 amide bonds. The second-order valence-corrected chi connectivity index (χ2v) is 7.74. The molecule has 0 bridgehead atoms. The van der Waals surface area contributed by atoms with Gasteiger partial charge in [0.05, 0.1) is 10.7 Å². The van der Waals surface area contributed by atoms with Crippen molar-refractivity contribution >= 4 is 34.8 Å². The third kappa shape index (κ3) is 6.00. The highest BCUT2D eigenvalue weighted by Gasteiger charge is 2.31. The minimum absolute atomic E-state index is 0.0707. The maximum absolute atomic E-state index is 13.0. The number of halogens is 2. The largest absolute Gasteiger partial charge is 0.321 e. The molecular weight excluding hydrogens is 395 g/mol. The average Bonchev–Trinajstić information content (AvgIpc) is 2.71. The standard InChI is InChI=1S/C21H24ClFN4O2/c1-15(21(29)24-17-8-6-16(23)7-9-17)27-12-10-26(11-13-27)14-20(28)25-19-5-3-2-4-18(19)22/h2-9,15H,10-14H2,1H3,(H,24,29)(H,25,28)/p+2/t15-/m1/s1. The van der Waals surface area contributed by atoms with Gasteiger partial charge in [0.15, 0.2) is 12.6 Å². The van der Waals surface area contributed by atoms with Crippen LogP contribution in [-0.4, -0.2) is 50.6 Å². The van der Waals surface area contributed by atoms with Crippen molar-refractivity contribution in [2.24, 2.45) is 0 Å². The molecule has 1 atom stereocenters. The normalized spacial score (nSPS) is 20.0. The van der Waals surface area contributed by atoms with E-state index in [0.29, 0.717) is 22.9 Å². The lowest BCUT2D eigenvalue weighted by Gasteiger charge is -2.32. The summed E-state index contributed by atoms with van der Waals surface area (Å²) < 4.78 is 13.0. The molecule has 2 aromatic carbocycles. The van der Waals surface area contributed by atoms with Gasteiger partial charge >= 0.3 is 0 Å². The number of nitrogens with one attached hydrogen (secondary N) is 4. The van der Waals surface area contributed by atoms with Crippen molar-refractivity contribution in [3.05, 3.63) is 59.4 Å². The van der Waals surface area contributed by atoms with Crippen molar-refractivity contribution in [1.29, 1.82) is 0 Å². The number of anilines is 2. The molecule has 1 aliphatic rings.